The van der Waals surface area contributed by atoms with Crippen molar-refractivity contribution in [3.63, 3.8) is 0 Å². The fraction of sp³-hybridized carbons (Fsp3) is 0. The third kappa shape index (κ3) is 2.77. The van der Waals surface area contributed by atoms with Crippen LogP contribution in [0.15, 0.2) is 83.5 Å². The Hall–Kier alpha value is -3.80. The van der Waals surface area contributed by atoms with E-state index in [2.05, 4.69) is 15.2 Å². The van der Waals surface area contributed by atoms with E-state index in [1.807, 2.05) is 48.5 Å². The van der Waals surface area contributed by atoms with Crippen LogP contribution < -0.4 is 0 Å². The molecule has 0 aliphatic rings. The van der Waals surface area contributed by atoms with Crippen molar-refractivity contribution in [1.29, 1.82) is 0 Å². The molecule has 0 aliphatic carbocycles. The molecule has 0 spiro atoms. The van der Waals surface area contributed by atoms with Crippen molar-refractivity contribution < 1.29 is 8.81 Å². The van der Waals surface area contributed by atoms with Gasteiger partial charge in [0.05, 0.1) is 5.69 Å². The highest BCUT2D eigenvalue weighted by Crippen LogP contribution is 2.27. The highest BCUT2D eigenvalue weighted by atomic mass is 19.1. The molecular formula is C21H13FN4O. The lowest BCUT2D eigenvalue weighted by molar-refractivity contribution is 0.619. The zero-order valence-electron chi connectivity index (χ0n) is 14.1. The number of hydrogen-bond acceptors (Lipinski definition) is 4. The molecule has 0 saturated heterocycles. The van der Waals surface area contributed by atoms with Crippen LogP contribution in [0.25, 0.3) is 39.6 Å². The monoisotopic (exact) mass is 356 g/mol. The molecule has 0 fully saturated rings. The van der Waals surface area contributed by atoms with Gasteiger partial charge >= 0.3 is 0 Å². The number of benzene rings is 3. The fourth-order valence-electron chi connectivity index (χ4n) is 3.02. The van der Waals surface area contributed by atoms with E-state index < -0.39 is 0 Å². The van der Waals surface area contributed by atoms with Crippen molar-refractivity contribution in [2.45, 2.75) is 0 Å². The molecule has 5 nitrogen and oxygen atoms in total. The largest absolute Gasteiger partial charge is 0.436 e. The Morgan fingerprint density at radius 2 is 1.70 bits per heavy atom. The number of oxazole rings is 1. The van der Waals surface area contributed by atoms with Gasteiger partial charge in [-0.15, -0.1) is 10.2 Å². The maximum Gasteiger partial charge on any atom is 0.227 e. The Kier molecular flexibility index (Phi) is 3.53. The van der Waals surface area contributed by atoms with Gasteiger partial charge in [0.15, 0.2) is 11.4 Å². The molecule has 0 saturated carbocycles. The lowest BCUT2D eigenvalue weighted by Gasteiger charge is -2.06. The number of aromatic nitrogens is 4. The molecule has 0 bridgehead atoms. The van der Waals surface area contributed by atoms with Crippen molar-refractivity contribution in [3.05, 3.63) is 84.9 Å². The second kappa shape index (κ2) is 6.17. The minimum absolute atomic E-state index is 0.319. The number of halogens is 1. The van der Waals surface area contributed by atoms with Crippen molar-refractivity contribution in [2.75, 3.05) is 0 Å². The highest BCUT2D eigenvalue weighted by molar-refractivity contribution is 5.78. The van der Waals surface area contributed by atoms with Crippen LogP contribution in [0, 0.1) is 5.82 Å². The van der Waals surface area contributed by atoms with E-state index in [9.17, 15) is 4.39 Å². The predicted molar refractivity (Wildman–Crippen MR) is 99.8 cm³/mol. The van der Waals surface area contributed by atoms with Crippen molar-refractivity contribution in [1.82, 2.24) is 19.7 Å². The number of rotatable bonds is 3. The third-order valence-electron chi connectivity index (χ3n) is 4.30. The quantitative estimate of drug-likeness (QED) is 0.462. The molecule has 5 aromatic rings. The van der Waals surface area contributed by atoms with E-state index in [-0.39, 0.29) is 5.82 Å². The topological polar surface area (TPSA) is 56.7 Å². The minimum atomic E-state index is -0.319. The van der Waals surface area contributed by atoms with Crippen LogP contribution in [-0.4, -0.2) is 19.7 Å². The summed E-state index contributed by atoms with van der Waals surface area (Å²) in [6.07, 6.45) is 1.59. The van der Waals surface area contributed by atoms with E-state index in [4.69, 9.17) is 4.42 Å². The Morgan fingerprint density at radius 1 is 0.852 bits per heavy atom. The van der Waals surface area contributed by atoms with Crippen LogP contribution in [-0.2, 0) is 0 Å². The van der Waals surface area contributed by atoms with Gasteiger partial charge in [0.2, 0.25) is 5.89 Å². The van der Waals surface area contributed by atoms with E-state index in [0.29, 0.717) is 22.9 Å². The van der Waals surface area contributed by atoms with Gasteiger partial charge in [-0.25, -0.2) is 9.37 Å². The molecule has 0 unspecified atom stereocenters. The molecule has 0 amide bonds. The zero-order valence-corrected chi connectivity index (χ0v) is 14.1. The van der Waals surface area contributed by atoms with E-state index in [1.165, 1.54) is 12.1 Å². The molecule has 0 atom stereocenters. The Labute approximate surface area is 153 Å². The SMILES string of the molecule is Fc1cccc(-c2nncn2-c2ccc3nc(-c4ccccc4)oc3c2)c1. The summed E-state index contributed by atoms with van der Waals surface area (Å²) in [5.74, 6) is 0.800. The van der Waals surface area contributed by atoms with E-state index in [1.54, 1.807) is 23.0 Å². The zero-order chi connectivity index (χ0) is 18.2. The molecule has 2 heterocycles. The average molecular weight is 356 g/mol. The molecule has 130 valence electrons. The Bertz CT molecular complexity index is 1240. The first-order chi connectivity index (χ1) is 13.3. The van der Waals surface area contributed by atoms with Crippen LogP contribution in [0.4, 0.5) is 4.39 Å². The van der Waals surface area contributed by atoms with Crippen molar-refractivity contribution >= 4 is 11.1 Å². The van der Waals surface area contributed by atoms with Gasteiger partial charge in [0.1, 0.15) is 17.7 Å². The van der Waals surface area contributed by atoms with E-state index >= 15 is 0 Å². The van der Waals surface area contributed by atoms with Crippen molar-refractivity contribution in [3.8, 4) is 28.5 Å². The number of fused-ring (bicyclic) bond motifs is 1. The van der Waals surface area contributed by atoms with Gasteiger partial charge < -0.3 is 4.42 Å². The van der Waals surface area contributed by atoms with Crippen LogP contribution in [0.2, 0.25) is 0 Å². The maximum atomic E-state index is 13.6. The molecular weight excluding hydrogens is 343 g/mol. The maximum absolute atomic E-state index is 13.6. The minimum Gasteiger partial charge on any atom is -0.436 e. The summed E-state index contributed by atoms with van der Waals surface area (Å²) < 4.78 is 21.3. The second-order valence-corrected chi connectivity index (χ2v) is 6.07. The van der Waals surface area contributed by atoms with Crippen LogP contribution in [0.1, 0.15) is 0 Å². The number of hydrogen-bond donors (Lipinski definition) is 0. The van der Waals surface area contributed by atoms with Gasteiger partial charge in [0, 0.05) is 17.2 Å². The van der Waals surface area contributed by atoms with Gasteiger partial charge in [-0.3, -0.25) is 4.57 Å². The molecule has 6 heteroatoms. The summed E-state index contributed by atoms with van der Waals surface area (Å²) >= 11 is 0. The summed E-state index contributed by atoms with van der Waals surface area (Å²) in [6, 6.07) is 21.7. The van der Waals surface area contributed by atoms with Gasteiger partial charge in [0.25, 0.3) is 0 Å². The third-order valence-corrected chi connectivity index (χ3v) is 4.30. The van der Waals surface area contributed by atoms with E-state index in [0.717, 1.165) is 16.8 Å². The summed E-state index contributed by atoms with van der Waals surface area (Å²) in [7, 11) is 0. The lowest BCUT2D eigenvalue weighted by Crippen LogP contribution is -1.96. The van der Waals surface area contributed by atoms with Crippen LogP contribution in [0.5, 0.6) is 0 Å². The molecule has 3 aromatic carbocycles. The molecule has 0 N–H and O–H groups in total. The van der Waals surface area contributed by atoms with Gasteiger partial charge in [-0.05, 0) is 36.4 Å². The Morgan fingerprint density at radius 3 is 2.56 bits per heavy atom. The summed E-state index contributed by atoms with van der Waals surface area (Å²) in [5, 5.41) is 8.12. The standard InChI is InChI=1S/C21H13FN4O/c22-16-8-4-7-15(11-16)20-25-23-13-26(20)17-9-10-18-19(12-17)27-21(24-18)14-5-2-1-3-6-14/h1-13H. The van der Waals surface area contributed by atoms with Gasteiger partial charge in [-0.2, -0.15) is 0 Å². The van der Waals surface area contributed by atoms with Crippen LogP contribution >= 0.6 is 0 Å². The number of nitrogens with zero attached hydrogens (tertiary/aromatic N) is 4. The second-order valence-electron chi connectivity index (χ2n) is 6.07. The fourth-order valence-corrected chi connectivity index (χ4v) is 3.02. The highest BCUT2D eigenvalue weighted by Gasteiger charge is 2.13. The average Bonchev–Trinajstić information content (AvgIpc) is 3.35. The molecule has 27 heavy (non-hydrogen) atoms. The molecule has 0 radical (unpaired) electrons. The van der Waals surface area contributed by atoms with Gasteiger partial charge in [-0.1, -0.05) is 30.3 Å². The molecule has 2 aromatic heterocycles. The van der Waals surface area contributed by atoms with Crippen LogP contribution in [0.3, 0.4) is 0 Å². The first kappa shape index (κ1) is 15.5. The smallest absolute Gasteiger partial charge is 0.227 e. The normalized spacial score (nSPS) is 11.1. The first-order valence-electron chi connectivity index (χ1n) is 8.40. The first-order valence-corrected chi connectivity index (χ1v) is 8.40. The summed E-state index contributed by atoms with van der Waals surface area (Å²) in [4.78, 5) is 4.54. The Balaban J connectivity index is 1.60. The lowest BCUT2D eigenvalue weighted by atomic mass is 10.2. The summed E-state index contributed by atoms with van der Waals surface area (Å²) in [6.45, 7) is 0. The predicted octanol–water partition coefficient (Wildman–Crippen LogP) is 4.88. The molecule has 0 aliphatic heterocycles. The van der Waals surface area contributed by atoms with Crippen molar-refractivity contribution in [2.24, 2.45) is 0 Å². The summed E-state index contributed by atoms with van der Waals surface area (Å²) in [5.41, 5.74) is 3.79. The molecule has 5 rings (SSSR count).